The van der Waals surface area contributed by atoms with E-state index in [0.717, 1.165) is 0 Å². The highest BCUT2D eigenvalue weighted by Crippen LogP contribution is 2.26. The van der Waals surface area contributed by atoms with Gasteiger partial charge in [-0.2, -0.15) is 0 Å². The smallest absolute Gasteiger partial charge is 0.255 e. The van der Waals surface area contributed by atoms with E-state index in [9.17, 15) is 4.79 Å². The Hall–Kier alpha value is -0.250. The number of nitrogens with zero attached hydrogens (tertiary/aromatic N) is 1. The van der Waals surface area contributed by atoms with Gasteiger partial charge in [0.2, 0.25) is 0 Å². The van der Waals surface area contributed by atoms with Crippen molar-refractivity contribution in [2.45, 2.75) is 12.3 Å². The van der Waals surface area contributed by atoms with E-state index in [-0.39, 0.29) is 11.3 Å². The van der Waals surface area contributed by atoms with Crippen LogP contribution in [0.5, 0.6) is 0 Å². The highest BCUT2D eigenvalue weighted by molar-refractivity contribution is 9.10. The van der Waals surface area contributed by atoms with E-state index in [4.69, 9.17) is 23.2 Å². The molecule has 0 radical (unpaired) electrons. The third kappa shape index (κ3) is 3.37. The van der Waals surface area contributed by atoms with Gasteiger partial charge < -0.3 is 4.90 Å². The Kier molecular flexibility index (Phi) is 5.09. The maximum absolute atomic E-state index is 12.0. The molecule has 0 N–H and O–H groups in total. The molecular formula is C11H12BrCl2NO. The van der Waals surface area contributed by atoms with Crippen molar-refractivity contribution in [2.24, 2.45) is 0 Å². The molecule has 0 saturated carbocycles. The van der Waals surface area contributed by atoms with E-state index in [1.54, 1.807) is 30.1 Å². The summed E-state index contributed by atoms with van der Waals surface area (Å²) in [5.41, 5.74) is 0.482. The van der Waals surface area contributed by atoms with Gasteiger partial charge in [-0.3, -0.25) is 4.79 Å². The molecule has 1 atom stereocenters. The van der Waals surface area contributed by atoms with Crippen LogP contribution in [-0.4, -0.2) is 29.8 Å². The van der Waals surface area contributed by atoms with E-state index in [1.807, 2.05) is 6.92 Å². The van der Waals surface area contributed by atoms with Gasteiger partial charge >= 0.3 is 0 Å². The van der Waals surface area contributed by atoms with Crippen LogP contribution in [0.15, 0.2) is 22.7 Å². The highest BCUT2D eigenvalue weighted by atomic mass is 79.9. The minimum atomic E-state index is -0.126. The summed E-state index contributed by atoms with van der Waals surface area (Å²) in [5.74, 6) is -0.126. The molecule has 0 spiro atoms. The number of alkyl halides is 1. The van der Waals surface area contributed by atoms with Gasteiger partial charge in [0, 0.05) is 23.4 Å². The van der Waals surface area contributed by atoms with Crippen LogP contribution in [0.4, 0.5) is 0 Å². The molecule has 0 fully saturated rings. The second-order valence-corrected chi connectivity index (χ2v) is 5.55. The average molecular weight is 325 g/mol. The Balaban J connectivity index is 2.92. The van der Waals surface area contributed by atoms with Crippen LogP contribution >= 0.6 is 39.1 Å². The fourth-order valence-corrected chi connectivity index (χ4v) is 2.11. The Morgan fingerprint density at radius 1 is 1.56 bits per heavy atom. The Bertz CT molecular complexity index is 396. The maximum atomic E-state index is 12.0. The predicted molar refractivity (Wildman–Crippen MR) is 71.4 cm³/mol. The molecule has 0 bridgehead atoms. The van der Waals surface area contributed by atoms with E-state index < -0.39 is 0 Å². The largest absolute Gasteiger partial charge is 0.340 e. The molecule has 16 heavy (non-hydrogen) atoms. The summed E-state index contributed by atoms with van der Waals surface area (Å²) in [6.45, 7) is 2.33. The fourth-order valence-electron chi connectivity index (χ4n) is 1.33. The summed E-state index contributed by atoms with van der Waals surface area (Å²) in [5, 5.41) is 0.349. The van der Waals surface area contributed by atoms with Crippen LogP contribution in [-0.2, 0) is 0 Å². The van der Waals surface area contributed by atoms with Gasteiger partial charge in [-0.25, -0.2) is 0 Å². The fraction of sp³-hybridized carbons (Fsp3) is 0.364. The Morgan fingerprint density at radius 3 is 2.75 bits per heavy atom. The van der Waals surface area contributed by atoms with Crippen LogP contribution in [0, 0.1) is 0 Å². The summed E-state index contributed by atoms with van der Waals surface area (Å²) in [6, 6.07) is 5.27. The molecule has 1 aromatic rings. The second kappa shape index (κ2) is 5.89. The van der Waals surface area contributed by atoms with Crippen molar-refractivity contribution in [2.75, 3.05) is 13.6 Å². The maximum Gasteiger partial charge on any atom is 0.255 e. The first-order valence-corrected chi connectivity index (χ1v) is 6.37. The lowest BCUT2D eigenvalue weighted by atomic mass is 10.2. The number of carbonyl (C=O) groups excluding carboxylic acids is 1. The normalized spacial score (nSPS) is 12.3. The van der Waals surface area contributed by atoms with Crippen molar-refractivity contribution in [3.05, 3.63) is 33.3 Å². The van der Waals surface area contributed by atoms with Gasteiger partial charge in [-0.05, 0) is 35.0 Å². The summed E-state index contributed by atoms with van der Waals surface area (Å²) in [4.78, 5) is 13.6. The molecule has 1 amide bonds. The van der Waals surface area contributed by atoms with Gasteiger partial charge in [0.25, 0.3) is 5.91 Å². The molecule has 0 aliphatic rings. The van der Waals surface area contributed by atoms with Crippen LogP contribution in [0.25, 0.3) is 0 Å². The summed E-state index contributed by atoms with van der Waals surface area (Å²) in [6.07, 6.45) is 0. The topological polar surface area (TPSA) is 20.3 Å². The number of carbonyl (C=O) groups is 1. The zero-order valence-corrected chi connectivity index (χ0v) is 12.1. The van der Waals surface area contributed by atoms with E-state index in [0.29, 0.717) is 21.6 Å². The van der Waals surface area contributed by atoms with Crippen molar-refractivity contribution >= 4 is 45.0 Å². The molecule has 5 heteroatoms. The predicted octanol–water partition coefficient (Wildman–Crippen LogP) is 3.80. The quantitative estimate of drug-likeness (QED) is 0.774. The molecule has 1 aromatic carbocycles. The first-order valence-electron chi connectivity index (χ1n) is 4.77. The number of amides is 1. The van der Waals surface area contributed by atoms with Crippen LogP contribution in [0.2, 0.25) is 5.02 Å². The van der Waals surface area contributed by atoms with E-state index in [1.165, 1.54) is 0 Å². The number of benzene rings is 1. The third-order valence-corrected chi connectivity index (χ3v) is 3.49. The Morgan fingerprint density at radius 2 is 2.19 bits per heavy atom. The Labute approximate surface area is 114 Å². The van der Waals surface area contributed by atoms with E-state index >= 15 is 0 Å². The van der Waals surface area contributed by atoms with Crippen LogP contribution in [0.3, 0.4) is 0 Å². The molecule has 2 nitrogen and oxygen atoms in total. The van der Waals surface area contributed by atoms with E-state index in [2.05, 4.69) is 15.9 Å². The van der Waals surface area contributed by atoms with Crippen molar-refractivity contribution in [1.29, 1.82) is 0 Å². The molecule has 1 unspecified atom stereocenters. The van der Waals surface area contributed by atoms with Crippen molar-refractivity contribution in [1.82, 2.24) is 4.90 Å². The third-order valence-electron chi connectivity index (χ3n) is 2.05. The molecule has 0 saturated heterocycles. The molecule has 0 heterocycles. The van der Waals surface area contributed by atoms with Crippen molar-refractivity contribution < 1.29 is 4.79 Å². The zero-order chi connectivity index (χ0) is 12.3. The minimum Gasteiger partial charge on any atom is -0.340 e. The molecule has 0 aromatic heterocycles. The lowest BCUT2D eigenvalue weighted by Gasteiger charge is -2.19. The summed E-state index contributed by atoms with van der Waals surface area (Å²) < 4.78 is 0.715. The van der Waals surface area contributed by atoms with Crippen molar-refractivity contribution in [3.8, 4) is 0 Å². The van der Waals surface area contributed by atoms with Crippen LogP contribution < -0.4 is 0 Å². The van der Waals surface area contributed by atoms with Gasteiger partial charge in [-0.1, -0.05) is 17.7 Å². The molecule has 0 aliphatic heterocycles. The number of halogens is 3. The SMILES string of the molecule is CC(Cl)CN(C)C(=O)c1cccc(Br)c1Cl. The summed E-state index contributed by atoms with van der Waals surface area (Å²) in [7, 11) is 1.71. The summed E-state index contributed by atoms with van der Waals surface area (Å²) >= 11 is 15.2. The first kappa shape index (κ1) is 13.8. The highest BCUT2D eigenvalue weighted by Gasteiger charge is 2.17. The lowest BCUT2D eigenvalue weighted by molar-refractivity contribution is 0.0796. The lowest BCUT2D eigenvalue weighted by Crippen LogP contribution is -2.31. The van der Waals surface area contributed by atoms with Crippen molar-refractivity contribution in [3.63, 3.8) is 0 Å². The van der Waals surface area contributed by atoms with Gasteiger partial charge in [0.15, 0.2) is 0 Å². The minimum absolute atomic E-state index is 0.0834. The van der Waals surface area contributed by atoms with Gasteiger partial charge in [0.1, 0.15) is 0 Å². The monoisotopic (exact) mass is 323 g/mol. The second-order valence-electron chi connectivity index (χ2n) is 3.57. The molecule has 1 rings (SSSR count). The van der Waals surface area contributed by atoms with Crippen LogP contribution in [0.1, 0.15) is 17.3 Å². The van der Waals surface area contributed by atoms with Gasteiger partial charge in [0.05, 0.1) is 10.6 Å². The standard InChI is InChI=1S/C11H12BrCl2NO/c1-7(13)6-15(2)11(16)8-4-3-5-9(12)10(8)14/h3-5,7H,6H2,1-2H3. The molecular weight excluding hydrogens is 313 g/mol. The number of hydrogen-bond acceptors (Lipinski definition) is 1. The first-order chi connectivity index (χ1) is 7.43. The molecule has 0 aliphatic carbocycles. The van der Waals surface area contributed by atoms with Gasteiger partial charge in [-0.15, -0.1) is 11.6 Å². The number of rotatable bonds is 3. The number of hydrogen-bond donors (Lipinski definition) is 0. The zero-order valence-electron chi connectivity index (χ0n) is 9.01. The molecule has 88 valence electrons. The average Bonchev–Trinajstić information content (AvgIpc) is 2.20.